The molecule has 102 valence electrons. The van der Waals surface area contributed by atoms with E-state index in [0.29, 0.717) is 11.3 Å². The van der Waals surface area contributed by atoms with Gasteiger partial charge in [-0.3, -0.25) is 4.79 Å². The number of thiazole rings is 1. The molecule has 6 heteroatoms. The smallest absolute Gasteiger partial charge is 0.255 e. The van der Waals surface area contributed by atoms with Gasteiger partial charge in [0.1, 0.15) is 11.8 Å². The zero-order chi connectivity index (χ0) is 14.8. The fraction of sp³-hybridized carbons (Fsp3) is 0.0667. The number of hydrogen-bond acceptors (Lipinski definition) is 5. The van der Waals surface area contributed by atoms with E-state index in [4.69, 9.17) is 5.26 Å². The summed E-state index contributed by atoms with van der Waals surface area (Å²) in [7, 11) is 0. The van der Waals surface area contributed by atoms with E-state index in [9.17, 15) is 4.79 Å². The molecule has 0 spiro atoms. The van der Waals surface area contributed by atoms with Crippen LogP contribution in [-0.2, 0) is 0 Å². The summed E-state index contributed by atoms with van der Waals surface area (Å²) in [5, 5.41) is 12.6. The number of nitriles is 1. The third-order valence-corrected chi connectivity index (χ3v) is 3.82. The van der Waals surface area contributed by atoms with Crippen LogP contribution in [0.15, 0.2) is 36.5 Å². The lowest BCUT2D eigenvalue weighted by Crippen LogP contribution is -2.12. The molecule has 5 nitrogen and oxygen atoms in total. The van der Waals surface area contributed by atoms with Gasteiger partial charge in [-0.2, -0.15) is 5.26 Å². The zero-order valence-electron chi connectivity index (χ0n) is 11.1. The Balaban J connectivity index is 1.87. The number of fused-ring (bicyclic) bond motifs is 1. The number of benzene rings is 1. The summed E-state index contributed by atoms with van der Waals surface area (Å²) < 4.78 is 1.03. The third-order valence-electron chi connectivity index (χ3n) is 2.89. The molecule has 3 aromatic rings. The number of amides is 1. The van der Waals surface area contributed by atoms with Crippen molar-refractivity contribution in [1.82, 2.24) is 9.97 Å². The fourth-order valence-corrected chi connectivity index (χ4v) is 2.82. The highest BCUT2D eigenvalue weighted by molar-refractivity contribution is 7.18. The molecule has 0 atom stereocenters. The number of aryl methyl sites for hydroxylation is 1. The molecule has 0 fully saturated rings. The summed E-state index contributed by atoms with van der Waals surface area (Å²) in [6.07, 6.45) is 1.45. The van der Waals surface area contributed by atoms with Gasteiger partial charge in [-0.1, -0.05) is 0 Å². The van der Waals surface area contributed by atoms with Crippen molar-refractivity contribution in [2.45, 2.75) is 6.92 Å². The minimum absolute atomic E-state index is 0.219. The third kappa shape index (κ3) is 2.73. The van der Waals surface area contributed by atoms with Gasteiger partial charge < -0.3 is 5.32 Å². The fourth-order valence-electron chi connectivity index (χ4n) is 1.95. The first-order chi connectivity index (χ1) is 10.2. The topological polar surface area (TPSA) is 78.7 Å². The lowest BCUT2D eigenvalue weighted by atomic mass is 10.2. The highest BCUT2D eigenvalue weighted by Crippen LogP contribution is 2.25. The number of hydrogen-bond donors (Lipinski definition) is 1. The van der Waals surface area contributed by atoms with E-state index in [2.05, 4.69) is 15.3 Å². The van der Waals surface area contributed by atoms with E-state index >= 15 is 0 Å². The van der Waals surface area contributed by atoms with Crippen LogP contribution in [0.25, 0.3) is 10.2 Å². The molecule has 2 aromatic heterocycles. The highest BCUT2D eigenvalue weighted by atomic mass is 32.1. The summed E-state index contributed by atoms with van der Waals surface area (Å²) in [6, 6.07) is 10.5. The monoisotopic (exact) mass is 294 g/mol. The number of nitrogens with one attached hydrogen (secondary N) is 1. The molecule has 0 aliphatic heterocycles. The van der Waals surface area contributed by atoms with E-state index in [0.717, 1.165) is 15.2 Å². The largest absolute Gasteiger partial charge is 0.322 e. The maximum Gasteiger partial charge on any atom is 0.255 e. The number of nitrogens with zero attached hydrogens (tertiary/aromatic N) is 3. The lowest BCUT2D eigenvalue weighted by molar-refractivity contribution is 0.102. The average Bonchev–Trinajstić information content (AvgIpc) is 2.86. The predicted octanol–water partition coefficient (Wildman–Crippen LogP) is 3.12. The molecule has 0 saturated carbocycles. The summed E-state index contributed by atoms with van der Waals surface area (Å²) in [4.78, 5) is 20.4. The number of anilines is 1. The van der Waals surface area contributed by atoms with E-state index in [1.807, 2.05) is 31.2 Å². The molecule has 0 unspecified atom stereocenters. The Morgan fingerprint density at radius 2 is 2.19 bits per heavy atom. The Bertz CT molecular complexity index is 879. The highest BCUT2D eigenvalue weighted by Gasteiger charge is 2.08. The number of pyridine rings is 1. The van der Waals surface area contributed by atoms with Crippen LogP contribution in [0.4, 0.5) is 5.69 Å². The quantitative estimate of drug-likeness (QED) is 0.787. The Morgan fingerprint density at radius 1 is 1.33 bits per heavy atom. The molecule has 1 aromatic carbocycles. The Morgan fingerprint density at radius 3 is 3.00 bits per heavy atom. The summed E-state index contributed by atoms with van der Waals surface area (Å²) in [6.45, 7) is 1.95. The van der Waals surface area contributed by atoms with Crippen molar-refractivity contribution >= 4 is 33.1 Å². The average molecular weight is 294 g/mol. The summed E-state index contributed by atoms with van der Waals surface area (Å²) in [5.74, 6) is -0.269. The lowest BCUT2D eigenvalue weighted by Gasteiger charge is -2.05. The number of carbonyl (C=O) groups excluding carboxylic acids is 1. The Hall–Kier alpha value is -2.78. The van der Waals surface area contributed by atoms with Crippen LogP contribution >= 0.6 is 11.3 Å². The Labute approximate surface area is 124 Å². The second-order valence-electron chi connectivity index (χ2n) is 4.41. The van der Waals surface area contributed by atoms with Crippen molar-refractivity contribution in [3.8, 4) is 6.07 Å². The molecule has 1 N–H and O–H groups in total. The van der Waals surface area contributed by atoms with Crippen LogP contribution in [0.2, 0.25) is 0 Å². The molecule has 0 saturated heterocycles. The summed E-state index contributed by atoms with van der Waals surface area (Å²) in [5.41, 5.74) is 2.25. The van der Waals surface area contributed by atoms with Gasteiger partial charge in [0.05, 0.1) is 15.2 Å². The van der Waals surface area contributed by atoms with Crippen molar-refractivity contribution in [2.75, 3.05) is 5.32 Å². The molecule has 0 radical (unpaired) electrons. The van der Waals surface area contributed by atoms with Crippen molar-refractivity contribution in [1.29, 1.82) is 5.26 Å². The first-order valence-electron chi connectivity index (χ1n) is 6.20. The van der Waals surface area contributed by atoms with Gasteiger partial charge in [-0.15, -0.1) is 11.3 Å². The Kier molecular flexibility index (Phi) is 3.34. The van der Waals surface area contributed by atoms with Crippen LogP contribution in [0, 0.1) is 18.3 Å². The minimum atomic E-state index is -0.269. The first-order valence-corrected chi connectivity index (χ1v) is 7.02. The van der Waals surface area contributed by atoms with Gasteiger partial charge in [-0.25, -0.2) is 9.97 Å². The van der Waals surface area contributed by atoms with E-state index in [1.165, 1.54) is 12.3 Å². The van der Waals surface area contributed by atoms with E-state index in [1.54, 1.807) is 17.4 Å². The maximum absolute atomic E-state index is 12.2. The normalized spacial score (nSPS) is 10.3. The second-order valence-corrected chi connectivity index (χ2v) is 5.65. The van der Waals surface area contributed by atoms with Gasteiger partial charge in [0.25, 0.3) is 5.91 Å². The number of aromatic nitrogens is 2. The number of rotatable bonds is 2. The molecule has 0 aliphatic carbocycles. The second kappa shape index (κ2) is 5.31. The van der Waals surface area contributed by atoms with Gasteiger partial charge in [0, 0.05) is 17.4 Å². The minimum Gasteiger partial charge on any atom is -0.322 e. The van der Waals surface area contributed by atoms with Gasteiger partial charge in [-0.05, 0) is 37.3 Å². The van der Waals surface area contributed by atoms with Gasteiger partial charge >= 0.3 is 0 Å². The molecular weight excluding hydrogens is 284 g/mol. The van der Waals surface area contributed by atoms with E-state index < -0.39 is 0 Å². The van der Waals surface area contributed by atoms with Crippen LogP contribution in [0.3, 0.4) is 0 Å². The van der Waals surface area contributed by atoms with Gasteiger partial charge in [0.15, 0.2) is 0 Å². The van der Waals surface area contributed by atoms with Crippen LogP contribution in [0.1, 0.15) is 21.1 Å². The molecule has 0 aliphatic rings. The number of carbonyl (C=O) groups is 1. The van der Waals surface area contributed by atoms with E-state index in [-0.39, 0.29) is 11.6 Å². The van der Waals surface area contributed by atoms with Gasteiger partial charge in [0.2, 0.25) is 0 Å². The van der Waals surface area contributed by atoms with Crippen molar-refractivity contribution in [3.05, 3.63) is 52.8 Å². The standard InChI is InChI=1S/C15H10N4OS/c1-9-18-13-3-2-11(7-14(13)21-9)19-15(20)10-4-5-17-12(6-10)8-16/h2-7H,1H3,(H,19,20). The summed E-state index contributed by atoms with van der Waals surface area (Å²) >= 11 is 1.58. The van der Waals surface area contributed by atoms with Crippen molar-refractivity contribution in [2.24, 2.45) is 0 Å². The molecule has 2 heterocycles. The predicted molar refractivity (Wildman–Crippen MR) is 81.3 cm³/mol. The molecule has 3 rings (SSSR count). The van der Waals surface area contributed by atoms with Crippen LogP contribution < -0.4 is 5.32 Å². The maximum atomic E-state index is 12.2. The van der Waals surface area contributed by atoms with Crippen LogP contribution in [0.5, 0.6) is 0 Å². The zero-order valence-corrected chi connectivity index (χ0v) is 11.9. The molecule has 1 amide bonds. The molecule has 0 bridgehead atoms. The first kappa shape index (κ1) is 13.2. The molecular formula is C15H10N4OS. The molecule has 21 heavy (non-hydrogen) atoms. The SMILES string of the molecule is Cc1nc2ccc(NC(=O)c3ccnc(C#N)c3)cc2s1. The van der Waals surface area contributed by atoms with Crippen LogP contribution in [-0.4, -0.2) is 15.9 Å². The van der Waals surface area contributed by atoms with Crippen molar-refractivity contribution in [3.63, 3.8) is 0 Å². The van der Waals surface area contributed by atoms with Crippen molar-refractivity contribution < 1.29 is 4.79 Å².